The van der Waals surface area contributed by atoms with Crippen molar-refractivity contribution in [2.24, 2.45) is 0 Å². The van der Waals surface area contributed by atoms with E-state index in [-0.39, 0.29) is 0 Å². The van der Waals surface area contributed by atoms with Crippen LogP contribution in [0.25, 0.3) is 0 Å². The molecule has 30 heavy (non-hydrogen) atoms. The van der Waals surface area contributed by atoms with Gasteiger partial charge in [-0.3, -0.25) is 0 Å². The summed E-state index contributed by atoms with van der Waals surface area (Å²) in [5.41, 5.74) is 0.404. The van der Waals surface area contributed by atoms with Crippen molar-refractivity contribution in [3.05, 3.63) is 72.3 Å². The zero-order valence-corrected chi connectivity index (χ0v) is 17.1. The Labute approximate surface area is 175 Å². The molecule has 1 unspecified atom stereocenters. The fourth-order valence-electron chi connectivity index (χ4n) is 3.06. The smallest absolute Gasteiger partial charge is 0.338 e. The van der Waals surface area contributed by atoms with Gasteiger partial charge < -0.3 is 28.8 Å². The van der Waals surface area contributed by atoms with E-state index < -0.39 is 36.7 Å². The van der Waals surface area contributed by atoms with Gasteiger partial charge in [-0.05, 0) is 55.5 Å². The van der Waals surface area contributed by atoms with Gasteiger partial charge >= 0.3 is 5.97 Å². The summed E-state index contributed by atoms with van der Waals surface area (Å²) in [6.45, 7) is 1.61. The normalized spacial score (nSPS) is 22.7. The molecule has 1 N–H and O–H groups in total. The summed E-state index contributed by atoms with van der Waals surface area (Å²) in [5.74, 6) is 0.760. The SMILES string of the molecule is COc1ccc(O[C@@H]2C=CC(OC)O[C@H]2[C@H](O)[C@@H](C)OC(=O)c2ccccc2)cc1. The van der Waals surface area contributed by atoms with E-state index >= 15 is 0 Å². The molecule has 1 heterocycles. The fourth-order valence-corrected chi connectivity index (χ4v) is 3.06. The molecule has 0 amide bonds. The third-order valence-electron chi connectivity index (χ3n) is 4.76. The number of hydrogen-bond acceptors (Lipinski definition) is 7. The average molecular weight is 414 g/mol. The van der Waals surface area contributed by atoms with Crippen molar-refractivity contribution in [2.75, 3.05) is 14.2 Å². The second kappa shape index (κ2) is 10.2. The zero-order chi connectivity index (χ0) is 21.5. The van der Waals surface area contributed by atoms with Crippen LogP contribution in [-0.4, -0.2) is 56.0 Å². The lowest BCUT2D eigenvalue weighted by molar-refractivity contribution is -0.196. The molecule has 5 atom stereocenters. The first-order valence-corrected chi connectivity index (χ1v) is 9.63. The summed E-state index contributed by atoms with van der Waals surface area (Å²) in [4.78, 5) is 12.3. The van der Waals surface area contributed by atoms with E-state index in [0.29, 0.717) is 17.1 Å². The number of aliphatic hydroxyl groups excluding tert-OH is 1. The Morgan fingerprint density at radius 2 is 1.67 bits per heavy atom. The van der Waals surface area contributed by atoms with Crippen LogP contribution in [0.15, 0.2) is 66.7 Å². The molecule has 0 aromatic heterocycles. The van der Waals surface area contributed by atoms with Crippen molar-refractivity contribution in [1.29, 1.82) is 0 Å². The summed E-state index contributed by atoms with van der Waals surface area (Å²) in [6, 6.07) is 15.7. The molecule has 0 aliphatic carbocycles. The Hall–Kier alpha value is -2.87. The van der Waals surface area contributed by atoms with Gasteiger partial charge in [0.25, 0.3) is 0 Å². The molecular weight excluding hydrogens is 388 g/mol. The van der Waals surface area contributed by atoms with Crippen LogP contribution >= 0.6 is 0 Å². The van der Waals surface area contributed by atoms with Gasteiger partial charge in [0.1, 0.15) is 35.9 Å². The molecule has 1 aliphatic heterocycles. The maximum Gasteiger partial charge on any atom is 0.338 e. The number of benzene rings is 2. The molecule has 0 saturated heterocycles. The molecule has 160 valence electrons. The Morgan fingerprint density at radius 3 is 2.30 bits per heavy atom. The van der Waals surface area contributed by atoms with Gasteiger partial charge in [-0.25, -0.2) is 4.79 Å². The first kappa shape index (κ1) is 21.8. The third kappa shape index (κ3) is 5.38. The molecule has 7 heteroatoms. The summed E-state index contributed by atoms with van der Waals surface area (Å²) < 4.78 is 27.7. The van der Waals surface area contributed by atoms with Crippen LogP contribution in [0.2, 0.25) is 0 Å². The van der Waals surface area contributed by atoms with E-state index in [1.807, 2.05) is 6.07 Å². The van der Waals surface area contributed by atoms with Crippen molar-refractivity contribution in [1.82, 2.24) is 0 Å². The highest BCUT2D eigenvalue weighted by atomic mass is 16.7. The molecule has 2 aromatic rings. The van der Waals surface area contributed by atoms with Crippen LogP contribution in [0.1, 0.15) is 17.3 Å². The number of ether oxygens (including phenoxy) is 5. The first-order chi connectivity index (χ1) is 14.5. The van der Waals surface area contributed by atoms with Gasteiger partial charge in [0.2, 0.25) is 0 Å². The standard InChI is InChI=1S/C23H26O7/c1-15(28-23(25)16-7-5-4-6-8-16)21(24)22-19(13-14-20(27-3)30-22)29-18-11-9-17(26-2)10-12-18/h4-15,19-22,24H,1-3H3/t15-,19-,20?,21-,22-/m1/s1. The first-order valence-electron chi connectivity index (χ1n) is 9.63. The minimum Gasteiger partial charge on any atom is -0.497 e. The van der Waals surface area contributed by atoms with E-state index in [1.54, 1.807) is 74.7 Å². The number of rotatable bonds is 8. The zero-order valence-electron chi connectivity index (χ0n) is 17.1. The van der Waals surface area contributed by atoms with E-state index in [1.165, 1.54) is 7.11 Å². The molecular formula is C23H26O7. The molecule has 0 spiro atoms. The Kier molecular flexibility index (Phi) is 7.46. The lowest BCUT2D eigenvalue weighted by Crippen LogP contribution is -2.51. The van der Waals surface area contributed by atoms with E-state index in [0.717, 1.165) is 0 Å². The van der Waals surface area contributed by atoms with Crippen molar-refractivity contribution in [2.45, 2.75) is 37.6 Å². The second-order valence-corrected chi connectivity index (χ2v) is 6.81. The number of methoxy groups -OCH3 is 2. The van der Waals surface area contributed by atoms with E-state index in [4.69, 9.17) is 23.7 Å². The molecule has 7 nitrogen and oxygen atoms in total. The molecule has 2 aromatic carbocycles. The highest BCUT2D eigenvalue weighted by Crippen LogP contribution is 2.26. The maximum atomic E-state index is 12.3. The predicted octanol–water partition coefficient (Wildman–Crippen LogP) is 2.98. The van der Waals surface area contributed by atoms with E-state index in [9.17, 15) is 9.90 Å². The van der Waals surface area contributed by atoms with E-state index in [2.05, 4.69) is 0 Å². The highest BCUT2D eigenvalue weighted by Gasteiger charge is 2.38. The lowest BCUT2D eigenvalue weighted by atomic mass is 10.0. The molecule has 1 aliphatic rings. The second-order valence-electron chi connectivity index (χ2n) is 6.81. The van der Waals surface area contributed by atoms with Crippen molar-refractivity contribution in [3.63, 3.8) is 0 Å². The number of hydrogen-bond donors (Lipinski definition) is 1. The highest BCUT2D eigenvalue weighted by molar-refractivity contribution is 5.89. The number of carbonyl (C=O) groups excluding carboxylic acids is 1. The monoisotopic (exact) mass is 414 g/mol. The topological polar surface area (TPSA) is 83.5 Å². The van der Waals surface area contributed by atoms with Gasteiger partial charge in [0.15, 0.2) is 6.29 Å². The van der Waals surface area contributed by atoms with Crippen LogP contribution in [-0.2, 0) is 14.2 Å². The van der Waals surface area contributed by atoms with Gasteiger partial charge in [-0.2, -0.15) is 0 Å². The molecule has 0 saturated carbocycles. The van der Waals surface area contributed by atoms with Gasteiger partial charge in [-0.15, -0.1) is 0 Å². The summed E-state index contributed by atoms with van der Waals surface area (Å²) in [5, 5.41) is 10.9. The number of carbonyl (C=O) groups is 1. The number of esters is 1. The minimum absolute atomic E-state index is 0.404. The molecule has 3 rings (SSSR count). The summed E-state index contributed by atoms with van der Waals surface area (Å²) in [6.07, 6.45) is -0.590. The fraction of sp³-hybridized carbons (Fsp3) is 0.348. The summed E-state index contributed by atoms with van der Waals surface area (Å²) >= 11 is 0. The van der Waals surface area contributed by atoms with Gasteiger partial charge in [-0.1, -0.05) is 18.2 Å². The van der Waals surface area contributed by atoms with Gasteiger partial charge in [0, 0.05) is 7.11 Å². The summed E-state index contributed by atoms with van der Waals surface area (Å²) in [7, 11) is 3.09. The average Bonchev–Trinajstić information content (AvgIpc) is 2.79. The minimum atomic E-state index is -1.15. The Balaban J connectivity index is 1.71. The van der Waals surface area contributed by atoms with Crippen molar-refractivity contribution >= 4 is 5.97 Å². The molecule has 0 fully saturated rings. The predicted molar refractivity (Wildman–Crippen MR) is 110 cm³/mol. The Morgan fingerprint density at radius 1 is 1.00 bits per heavy atom. The van der Waals surface area contributed by atoms with Crippen LogP contribution in [0.3, 0.4) is 0 Å². The van der Waals surface area contributed by atoms with Crippen molar-refractivity contribution < 1.29 is 33.6 Å². The largest absolute Gasteiger partial charge is 0.497 e. The molecule has 0 bridgehead atoms. The third-order valence-corrected chi connectivity index (χ3v) is 4.76. The molecule has 0 radical (unpaired) electrons. The van der Waals surface area contributed by atoms with Crippen molar-refractivity contribution in [3.8, 4) is 11.5 Å². The maximum absolute atomic E-state index is 12.3. The van der Waals surface area contributed by atoms with Crippen LogP contribution in [0, 0.1) is 0 Å². The Bertz CT molecular complexity index is 834. The quantitative estimate of drug-likeness (QED) is 0.525. The van der Waals surface area contributed by atoms with Crippen LogP contribution in [0.5, 0.6) is 11.5 Å². The van der Waals surface area contributed by atoms with Crippen LogP contribution < -0.4 is 9.47 Å². The lowest BCUT2D eigenvalue weighted by Gasteiger charge is -2.36. The van der Waals surface area contributed by atoms with Gasteiger partial charge in [0.05, 0.1) is 12.7 Å². The number of aliphatic hydroxyl groups is 1. The van der Waals surface area contributed by atoms with Crippen LogP contribution in [0.4, 0.5) is 0 Å².